The molecular weight excluding hydrogens is 410 g/mol. The van der Waals surface area contributed by atoms with Gasteiger partial charge in [0.25, 0.3) is 0 Å². The summed E-state index contributed by atoms with van der Waals surface area (Å²) in [6.07, 6.45) is 1.80. The van der Waals surface area contributed by atoms with Crippen molar-refractivity contribution in [3.8, 4) is 17.2 Å². The summed E-state index contributed by atoms with van der Waals surface area (Å²) in [4.78, 5) is 31.1. The summed E-state index contributed by atoms with van der Waals surface area (Å²) in [7, 11) is 4.59. The summed E-state index contributed by atoms with van der Waals surface area (Å²) in [5, 5.41) is 0. The van der Waals surface area contributed by atoms with Crippen molar-refractivity contribution in [1.29, 1.82) is 0 Å². The number of aromatic nitrogens is 2. The smallest absolute Gasteiger partial charge is 0.326 e. The van der Waals surface area contributed by atoms with Gasteiger partial charge in [0.15, 0.2) is 17.3 Å². The summed E-state index contributed by atoms with van der Waals surface area (Å²) in [5.74, 6) is 1.32. The Bertz CT molecular complexity index is 1160. The molecule has 0 radical (unpaired) electrons. The van der Waals surface area contributed by atoms with E-state index in [1.165, 1.54) is 21.3 Å². The number of rotatable bonds is 7. The van der Waals surface area contributed by atoms with Gasteiger partial charge in [0.05, 0.1) is 44.4 Å². The Kier molecular flexibility index (Phi) is 6.23. The molecule has 1 aliphatic rings. The van der Waals surface area contributed by atoms with Crippen LogP contribution in [0.3, 0.4) is 0 Å². The Morgan fingerprint density at radius 2 is 1.78 bits per heavy atom. The van der Waals surface area contributed by atoms with E-state index in [1.54, 1.807) is 12.1 Å². The van der Waals surface area contributed by atoms with Gasteiger partial charge in [0, 0.05) is 12.1 Å². The number of H-pyrrole nitrogens is 1. The number of para-hydroxylation sites is 2. The predicted molar refractivity (Wildman–Crippen MR) is 122 cm³/mol. The van der Waals surface area contributed by atoms with E-state index in [2.05, 4.69) is 9.88 Å². The third-order valence-corrected chi connectivity index (χ3v) is 6.29. The highest BCUT2D eigenvalue weighted by atomic mass is 16.5. The lowest BCUT2D eigenvalue weighted by molar-refractivity contribution is 0.0760. The zero-order valence-corrected chi connectivity index (χ0v) is 18.9. The number of imidazole rings is 1. The number of ketones is 1. The van der Waals surface area contributed by atoms with Crippen LogP contribution in [0.5, 0.6) is 17.2 Å². The number of hydrogen-bond donors (Lipinski definition) is 1. The maximum atomic E-state index is 13.4. The van der Waals surface area contributed by atoms with Crippen molar-refractivity contribution in [2.75, 3.05) is 34.4 Å². The molecule has 1 aromatic heterocycles. The van der Waals surface area contributed by atoms with Gasteiger partial charge in [-0.25, -0.2) is 4.79 Å². The molecule has 1 N–H and O–H groups in total. The molecule has 1 fully saturated rings. The first-order chi connectivity index (χ1) is 15.5. The molecule has 2 unspecified atom stereocenters. The van der Waals surface area contributed by atoms with Crippen LogP contribution in [0.15, 0.2) is 41.2 Å². The maximum Gasteiger partial charge on any atom is 0.326 e. The second-order valence-corrected chi connectivity index (χ2v) is 8.06. The third kappa shape index (κ3) is 3.86. The summed E-state index contributed by atoms with van der Waals surface area (Å²) >= 11 is 0. The van der Waals surface area contributed by atoms with Crippen molar-refractivity contribution < 1.29 is 19.0 Å². The molecule has 0 saturated carbocycles. The first-order valence-corrected chi connectivity index (χ1v) is 10.8. The first-order valence-electron chi connectivity index (χ1n) is 10.8. The number of piperidine rings is 1. The highest BCUT2D eigenvalue weighted by Gasteiger charge is 2.31. The van der Waals surface area contributed by atoms with Crippen molar-refractivity contribution in [2.45, 2.75) is 31.8 Å². The van der Waals surface area contributed by atoms with Gasteiger partial charge in [-0.05, 0) is 50.6 Å². The van der Waals surface area contributed by atoms with Gasteiger partial charge in [-0.3, -0.25) is 14.3 Å². The van der Waals surface area contributed by atoms with Gasteiger partial charge >= 0.3 is 5.69 Å². The van der Waals surface area contributed by atoms with Crippen molar-refractivity contribution in [3.63, 3.8) is 0 Å². The monoisotopic (exact) mass is 439 g/mol. The zero-order valence-electron chi connectivity index (χ0n) is 18.9. The minimum atomic E-state index is -0.360. The van der Waals surface area contributed by atoms with Gasteiger partial charge in [-0.2, -0.15) is 0 Å². The molecule has 3 aromatic rings. The first kappa shape index (κ1) is 22.0. The number of nitrogens with one attached hydrogen (secondary N) is 1. The molecular formula is C24H29N3O5. The normalized spacial score (nSPS) is 17.8. The molecule has 1 saturated heterocycles. The molecule has 8 nitrogen and oxygen atoms in total. The number of hydrogen-bond acceptors (Lipinski definition) is 6. The number of carbonyl (C=O) groups is 1. The lowest BCUT2D eigenvalue weighted by atomic mass is 9.98. The van der Waals surface area contributed by atoms with E-state index in [0.29, 0.717) is 29.4 Å². The zero-order chi connectivity index (χ0) is 22.8. The standard InChI is InChI=1S/C24H29N3O5/c1-15(22(28)16-12-20(30-2)23(32-4)21(13-16)31-3)26-11-7-8-17(14-26)27-19-10-6-5-9-18(19)25-24(27)29/h5-6,9-10,12-13,15,17H,7-8,11,14H2,1-4H3,(H,25,29). The molecule has 0 amide bonds. The van der Waals surface area contributed by atoms with Crippen LogP contribution in [-0.4, -0.2) is 60.7 Å². The van der Waals surface area contributed by atoms with Gasteiger partial charge < -0.3 is 19.2 Å². The quantitative estimate of drug-likeness (QED) is 0.569. The van der Waals surface area contributed by atoms with Gasteiger partial charge in [-0.1, -0.05) is 12.1 Å². The van der Waals surface area contributed by atoms with Crippen molar-refractivity contribution in [1.82, 2.24) is 14.5 Å². The fourth-order valence-corrected chi connectivity index (χ4v) is 4.61. The summed E-state index contributed by atoms with van der Waals surface area (Å²) in [6.45, 7) is 3.33. The Morgan fingerprint density at radius 3 is 2.44 bits per heavy atom. The van der Waals surface area contributed by atoms with Crippen LogP contribution >= 0.6 is 0 Å². The van der Waals surface area contributed by atoms with E-state index in [1.807, 2.05) is 35.8 Å². The molecule has 0 bridgehead atoms. The average molecular weight is 440 g/mol. The molecule has 2 heterocycles. The number of methoxy groups -OCH3 is 3. The van der Waals surface area contributed by atoms with Gasteiger partial charge in [0.2, 0.25) is 5.75 Å². The van der Waals surface area contributed by atoms with Crippen LogP contribution in [0.25, 0.3) is 11.0 Å². The molecule has 2 atom stereocenters. The second kappa shape index (κ2) is 9.08. The van der Waals surface area contributed by atoms with E-state index >= 15 is 0 Å². The topological polar surface area (TPSA) is 85.8 Å². The minimum Gasteiger partial charge on any atom is -0.493 e. The fourth-order valence-electron chi connectivity index (χ4n) is 4.61. The Morgan fingerprint density at radius 1 is 1.09 bits per heavy atom. The second-order valence-electron chi connectivity index (χ2n) is 8.06. The lowest BCUT2D eigenvalue weighted by Crippen LogP contribution is -2.46. The van der Waals surface area contributed by atoms with E-state index in [-0.39, 0.29) is 23.6 Å². The van der Waals surface area contributed by atoms with Crippen LogP contribution in [0.1, 0.15) is 36.2 Å². The summed E-state index contributed by atoms with van der Waals surface area (Å²) < 4.78 is 18.0. The SMILES string of the molecule is COc1cc(C(=O)C(C)N2CCCC(n3c(=O)[nH]c4ccccc43)C2)cc(OC)c1OC. The Hall–Kier alpha value is -3.26. The van der Waals surface area contributed by atoms with Crippen molar-refractivity contribution in [2.24, 2.45) is 0 Å². The van der Waals surface area contributed by atoms with Crippen LogP contribution in [0.2, 0.25) is 0 Å². The van der Waals surface area contributed by atoms with Crippen LogP contribution in [0, 0.1) is 0 Å². The lowest BCUT2D eigenvalue weighted by Gasteiger charge is -2.36. The molecule has 0 spiro atoms. The van der Waals surface area contributed by atoms with Gasteiger partial charge in [0.1, 0.15) is 0 Å². The molecule has 32 heavy (non-hydrogen) atoms. The summed E-state index contributed by atoms with van der Waals surface area (Å²) in [5.41, 5.74) is 2.11. The number of likely N-dealkylation sites (tertiary alicyclic amines) is 1. The highest BCUT2D eigenvalue weighted by Crippen LogP contribution is 2.38. The highest BCUT2D eigenvalue weighted by molar-refractivity contribution is 6.01. The van der Waals surface area contributed by atoms with E-state index in [4.69, 9.17) is 14.2 Å². The van der Waals surface area contributed by atoms with E-state index in [0.717, 1.165) is 30.4 Å². The predicted octanol–water partition coefficient (Wildman–Crippen LogP) is 3.26. The molecule has 1 aliphatic heterocycles. The number of aromatic amines is 1. The molecule has 8 heteroatoms. The molecule has 2 aromatic carbocycles. The average Bonchev–Trinajstić information content (AvgIpc) is 3.17. The maximum absolute atomic E-state index is 13.4. The van der Waals surface area contributed by atoms with Crippen LogP contribution in [-0.2, 0) is 0 Å². The third-order valence-electron chi connectivity index (χ3n) is 6.29. The summed E-state index contributed by atoms with van der Waals surface area (Å²) in [6, 6.07) is 10.7. The van der Waals surface area contributed by atoms with Gasteiger partial charge in [-0.15, -0.1) is 0 Å². The Balaban J connectivity index is 1.59. The fraction of sp³-hybridized carbons (Fsp3) is 0.417. The van der Waals surface area contributed by atoms with E-state index in [9.17, 15) is 9.59 Å². The van der Waals surface area contributed by atoms with Crippen molar-refractivity contribution >= 4 is 16.8 Å². The molecule has 170 valence electrons. The number of Topliss-reactive ketones (excluding diaryl/α,β-unsaturated/α-hetero) is 1. The Labute approximate surface area is 186 Å². The number of ether oxygens (including phenoxy) is 3. The van der Waals surface area contributed by atoms with E-state index < -0.39 is 0 Å². The number of fused-ring (bicyclic) bond motifs is 1. The number of carbonyl (C=O) groups excluding carboxylic acids is 1. The molecule has 4 rings (SSSR count). The van der Waals surface area contributed by atoms with Crippen LogP contribution < -0.4 is 19.9 Å². The largest absolute Gasteiger partial charge is 0.493 e. The molecule has 0 aliphatic carbocycles. The number of benzene rings is 2. The minimum absolute atomic E-state index is 0.00240. The van der Waals surface area contributed by atoms with Crippen LogP contribution in [0.4, 0.5) is 0 Å². The van der Waals surface area contributed by atoms with Crippen molar-refractivity contribution in [3.05, 3.63) is 52.4 Å². The number of nitrogens with zero attached hydrogens (tertiary/aromatic N) is 2.